The molecule has 0 radical (unpaired) electrons. The Morgan fingerprint density at radius 3 is 2.67 bits per heavy atom. The zero-order valence-corrected chi connectivity index (χ0v) is 14.8. The van der Waals surface area contributed by atoms with Crippen LogP contribution < -0.4 is 22.1 Å². The number of pyridine rings is 2. The second-order valence-corrected chi connectivity index (χ2v) is 6.00. The van der Waals surface area contributed by atoms with Gasteiger partial charge in [-0.15, -0.1) is 0 Å². The molecule has 2 aromatic heterocycles. The minimum Gasteiger partial charge on any atom is -0.368 e. The predicted molar refractivity (Wildman–Crippen MR) is 105 cm³/mol. The summed E-state index contributed by atoms with van der Waals surface area (Å²) in [4.78, 5) is 31.9. The number of fused-ring (bicyclic) bond motifs is 1. The average Bonchev–Trinajstić information content (AvgIpc) is 2.65. The van der Waals surface area contributed by atoms with E-state index in [0.717, 1.165) is 16.6 Å². The fourth-order valence-corrected chi connectivity index (χ4v) is 2.68. The number of nitrogens with one attached hydrogen (secondary N) is 2. The van der Waals surface area contributed by atoms with Crippen molar-refractivity contribution in [1.29, 1.82) is 0 Å². The number of carbonyl (C=O) groups is 2. The van der Waals surface area contributed by atoms with Crippen molar-refractivity contribution >= 4 is 40.0 Å². The van der Waals surface area contributed by atoms with Gasteiger partial charge in [0.15, 0.2) is 0 Å². The van der Waals surface area contributed by atoms with E-state index in [1.807, 2.05) is 37.3 Å². The topological polar surface area (TPSA) is 136 Å². The van der Waals surface area contributed by atoms with Crippen LogP contribution >= 0.6 is 0 Å². The number of rotatable bonds is 7. The summed E-state index contributed by atoms with van der Waals surface area (Å²) < 4.78 is 0. The lowest BCUT2D eigenvalue weighted by Crippen LogP contribution is -2.35. The lowest BCUT2D eigenvalue weighted by molar-refractivity contribution is -0.118. The van der Waals surface area contributed by atoms with E-state index in [9.17, 15) is 9.59 Å². The lowest BCUT2D eigenvalue weighted by Gasteiger charge is -2.16. The van der Waals surface area contributed by atoms with Gasteiger partial charge in [0.25, 0.3) is 5.91 Å². The highest BCUT2D eigenvalue weighted by molar-refractivity contribution is 5.99. The zero-order valence-electron chi connectivity index (χ0n) is 14.8. The Morgan fingerprint density at radius 1 is 1.15 bits per heavy atom. The number of carbonyl (C=O) groups excluding carboxylic acids is 2. The largest absolute Gasteiger partial charge is 0.368 e. The number of primary amides is 2. The molecule has 1 aromatic carbocycles. The Bertz CT molecular complexity index is 1000. The number of benzene rings is 1. The summed E-state index contributed by atoms with van der Waals surface area (Å²) in [6.45, 7) is 1.84. The highest BCUT2D eigenvalue weighted by Gasteiger charge is 2.16. The first-order valence-electron chi connectivity index (χ1n) is 8.46. The van der Waals surface area contributed by atoms with Gasteiger partial charge in [-0.3, -0.25) is 14.6 Å². The van der Waals surface area contributed by atoms with Crippen LogP contribution in [0.5, 0.6) is 0 Å². The fraction of sp³-hybridized carbons (Fsp3) is 0.158. The molecule has 0 unspecified atom stereocenters. The summed E-state index contributed by atoms with van der Waals surface area (Å²) >= 11 is 0. The van der Waals surface area contributed by atoms with Gasteiger partial charge in [-0.25, -0.2) is 4.98 Å². The molecule has 138 valence electrons. The van der Waals surface area contributed by atoms with Crippen LogP contribution in [0.15, 0.2) is 48.7 Å². The number of aromatic nitrogens is 2. The lowest BCUT2D eigenvalue weighted by atomic mass is 10.2. The predicted octanol–water partition coefficient (Wildman–Crippen LogP) is 2.15. The first kappa shape index (κ1) is 18.1. The Labute approximate surface area is 156 Å². The molecule has 3 rings (SSSR count). The average molecular weight is 364 g/mol. The van der Waals surface area contributed by atoms with Crippen molar-refractivity contribution in [2.45, 2.75) is 19.4 Å². The number of nitrogens with zero attached hydrogens (tertiary/aromatic N) is 2. The maximum Gasteiger partial charge on any atom is 0.252 e. The van der Waals surface area contributed by atoms with E-state index in [-0.39, 0.29) is 11.4 Å². The van der Waals surface area contributed by atoms with Crippen molar-refractivity contribution in [2.75, 3.05) is 10.6 Å². The van der Waals surface area contributed by atoms with Crippen LogP contribution in [0.3, 0.4) is 0 Å². The molecular formula is C19H20N6O2. The molecule has 0 saturated heterocycles. The van der Waals surface area contributed by atoms with Gasteiger partial charge in [0.05, 0.1) is 11.1 Å². The number of nitrogens with two attached hydrogens (primary N) is 2. The molecule has 27 heavy (non-hydrogen) atoms. The van der Waals surface area contributed by atoms with Crippen molar-refractivity contribution in [3.05, 3.63) is 54.2 Å². The third kappa shape index (κ3) is 4.12. The quantitative estimate of drug-likeness (QED) is 0.507. The number of amides is 2. The van der Waals surface area contributed by atoms with Gasteiger partial charge in [0, 0.05) is 17.3 Å². The summed E-state index contributed by atoms with van der Waals surface area (Å²) in [6.07, 6.45) is 2.23. The van der Waals surface area contributed by atoms with E-state index in [4.69, 9.17) is 11.5 Å². The Balaban J connectivity index is 1.94. The highest BCUT2D eigenvalue weighted by atomic mass is 16.1. The van der Waals surface area contributed by atoms with Gasteiger partial charge >= 0.3 is 0 Å². The van der Waals surface area contributed by atoms with Gasteiger partial charge in [-0.1, -0.05) is 13.0 Å². The summed E-state index contributed by atoms with van der Waals surface area (Å²) in [7, 11) is 0. The van der Waals surface area contributed by atoms with E-state index in [2.05, 4.69) is 20.6 Å². The van der Waals surface area contributed by atoms with Crippen molar-refractivity contribution in [1.82, 2.24) is 9.97 Å². The molecule has 2 amide bonds. The number of hydrogen-bond donors (Lipinski definition) is 4. The number of hydrogen-bond acceptors (Lipinski definition) is 6. The second-order valence-electron chi connectivity index (χ2n) is 6.00. The molecule has 8 heteroatoms. The molecule has 0 aliphatic rings. The van der Waals surface area contributed by atoms with E-state index >= 15 is 0 Å². The van der Waals surface area contributed by atoms with Gasteiger partial charge in [0.2, 0.25) is 5.91 Å². The SMILES string of the molecule is CC[C@@H](Nc1ccc(C(N)=O)c(Nc2ccc3ncccc3c2)n1)C(N)=O. The van der Waals surface area contributed by atoms with Crippen molar-refractivity contribution in [3.8, 4) is 0 Å². The smallest absolute Gasteiger partial charge is 0.252 e. The third-order valence-electron chi connectivity index (χ3n) is 4.10. The van der Waals surface area contributed by atoms with Gasteiger partial charge in [-0.2, -0.15) is 0 Å². The van der Waals surface area contributed by atoms with Crippen LogP contribution in [0.25, 0.3) is 10.9 Å². The van der Waals surface area contributed by atoms with Crippen LogP contribution in [0.1, 0.15) is 23.7 Å². The Kier molecular flexibility index (Phi) is 5.16. The van der Waals surface area contributed by atoms with Gasteiger partial charge in [-0.05, 0) is 42.8 Å². The summed E-state index contributed by atoms with van der Waals surface area (Å²) in [5.74, 6) is -0.388. The first-order valence-corrected chi connectivity index (χ1v) is 8.46. The first-order chi connectivity index (χ1) is 13.0. The minimum atomic E-state index is -0.610. The van der Waals surface area contributed by atoms with E-state index in [0.29, 0.717) is 12.2 Å². The van der Waals surface area contributed by atoms with Crippen molar-refractivity contribution in [3.63, 3.8) is 0 Å². The monoisotopic (exact) mass is 364 g/mol. The van der Waals surface area contributed by atoms with Gasteiger partial charge in [0.1, 0.15) is 17.7 Å². The van der Waals surface area contributed by atoms with Crippen LogP contribution in [0.2, 0.25) is 0 Å². The standard InChI is InChI=1S/C19H20N6O2/c1-2-14(18(21)27)24-16-8-6-13(17(20)26)19(25-16)23-12-5-7-15-11(10-12)4-3-9-22-15/h3-10,14H,2H2,1H3,(H2,20,26)(H2,21,27)(H2,23,24,25)/t14-/m1/s1. The molecule has 1 atom stereocenters. The third-order valence-corrected chi connectivity index (χ3v) is 4.10. The molecular weight excluding hydrogens is 344 g/mol. The summed E-state index contributed by atoms with van der Waals surface area (Å²) in [6, 6.07) is 12.0. The fourth-order valence-electron chi connectivity index (χ4n) is 2.68. The molecule has 0 bridgehead atoms. The van der Waals surface area contributed by atoms with Crippen LogP contribution in [-0.2, 0) is 4.79 Å². The summed E-state index contributed by atoms with van der Waals surface area (Å²) in [5, 5.41) is 7.02. The molecule has 0 spiro atoms. The van der Waals surface area contributed by atoms with Crippen molar-refractivity contribution < 1.29 is 9.59 Å². The highest BCUT2D eigenvalue weighted by Crippen LogP contribution is 2.24. The Hall–Kier alpha value is -3.68. The normalized spacial score (nSPS) is 11.7. The molecule has 0 saturated carbocycles. The maximum atomic E-state index is 11.8. The molecule has 8 nitrogen and oxygen atoms in total. The summed E-state index contributed by atoms with van der Waals surface area (Å²) in [5.41, 5.74) is 12.6. The van der Waals surface area contributed by atoms with Crippen LogP contribution in [-0.4, -0.2) is 27.8 Å². The van der Waals surface area contributed by atoms with Crippen LogP contribution in [0.4, 0.5) is 17.3 Å². The molecule has 6 N–H and O–H groups in total. The van der Waals surface area contributed by atoms with E-state index in [1.165, 1.54) is 0 Å². The van der Waals surface area contributed by atoms with Crippen LogP contribution in [0, 0.1) is 0 Å². The minimum absolute atomic E-state index is 0.235. The molecule has 0 aliphatic heterocycles. The number of anilines is 3. The second kappa shape index (κ2) is 7.69. The van der Waals surface area contributed by atoms with E-state index < -0.39 is 17.9 Å². The Morgan fingerprint density at radius 2 is 1.96 bits per heavy atom. The molecule has 3 aromatic rings. The van der Waals surface area contributed by atoms with Gasteiger partial charge < -0.3 is 22.1 Å². The zero-order chi connectivity index (χ0) is 19.4. The van der Waals surface area contributed by atoms with Crippen molar-refractivity contribution in [2.24, 2.45) is 11.5 Å². The molecule has 0 fully saturated rings. The maximum absolute atomic E-state index is 11.8. The molecule has 0 aliphatic carbocycles. The van der Waals surface area contributed by atoms with E-state index in [1.54, 1.807) is 18.3 Å². The molecule has 2 heterocycles.